The second-order valence-electron chi connectivity index (χ2n) is 5.78. The Bertz CT molecular complexity index is 798. The maximum absolute atomic E-state index is 10.1. The lowest BCUT2D eigenvalue weighted by Crippen LogP contribution is -2.20. The van der Waals surface area contributed by atoms with Crippen LogP contribution in [0.3, 0.4) is 0 Å². The minimum Gasteiger partial charge on any atom is -0.460 e. The van der Waals surface area contributed by atoms with E-state index in [0.717, 1.165) is 32.7 Å². The van der Waals surface area contributed by atoms with Crippen LogP contribution in [0.1, 0.15) is 23.0 Å². The lowest BCUT2D eigenvalue weighted by atomic mass is 10.1. The summed E-state index contributed by atoms with van der Waals surface area (Å²) >= 11 is 3.48. The Morgan fingerprint density at radius 3 is 2.62 bits per heavy atom. The first-order valence-corrected chi connectivity index (χ1v) is 8.72. The van der Waals surface area contributed by atoms with Crippen molar-refractivity contribution in [3.8, 4) is 11.3 Å². The van der Waals surface area contributed by atoms with Gasteiger partial charge < -0.3 is 14.8 Å². The van der Waals surface area contributed by atoms with Crippen LogP contribution >= 0.6 is 15.9 Å². The van der Waals surface area contributed by atoms with Crippen molar-refractivity contribution in [3.05, 3.63) is 82.0 Å². The van der Waals surface area contributed by atoms with Crippen LogP contribution in [0.4, 0.5) is 0 Å². The Morgan fingerprint density at radius 1 is 1.08 bits per heavy atom. The summed E-state index contributed by atoms with van der Waals surface area (Å²) in [6, 6.07) is 19.7. The number of halogens is 1. The first-order valence-electron chi connectivity index (χ1n) is 7.92. The SMILES string of the molecule is Cc1cc(Br)ccc1-c1ccc(CNCC(O)c2ccccc2)o1. The number of nitrogens with one attached hydrogen (secondary N) is 1. The normalized spacial score (nSPS) is 12.3. The molecule has 4 heteroatoms. The predicted octanol–water partition coefficient (Wildman–Crippen LogP) is 4.84. The molecule has 0 amide bonds. The first kappa shape index (κ1) is 17.0. The summed E-state index contributed by atoms with van der Waals surface area (Å²) in [4.78, 5) is 0. The number of aliphatic hydroxyl groups excluding tert-OH is 1. The van der Waals surface area contributed by atoms with Gasteiger partial charge in [-0.25, -0.2) is 0 Å². The zero-order valence-electron chi connectivity index (χ0n) is 13.5. The highest BCUT2D eigenvalue weighted by molar-refractivity contribution is 9.10. The molecule has 2 aromatic carbocycles. The van der Waals surface area contributed by atoms with Crippen molar-refractivity contribution < 1.29 is 9.52 Å². The predicted molar refractivity (Wildman–Crippen MR) is 99.7 cm³/mol. The highest BCUT2D eigenvalue weighted by Crippen LogP contribution is 2.27. The maximum Gasteiger partial charge on any atom is 0.134 e. The van der Waals surface area contributed by atoms with Gasteiger partial charge in [-0.3, -0.25) is 0 Å². The van der Waals surface area contributed by atoms with Gasteiger partial charge in [0.1, 0.15) is 11.5 Å². The van der Waals surface area contributed by atoms with E-state index < -0.39 is 6.10 Å². The Morgan fingerprint density at radius 2 is 1.88 bits per heavy atom. The molecular weight excluding hydrogens is 366 g/mol. The molecule has 1 unspecified atom stereocenters. The van der Waals surface area contributed by atoms with Crippen molar-refractivity contribution in [3.63, 3.8) is 0 Å². The van der Waals surface area contributed by atoms with E-state index in [2.05, 4.69) is 40.3 Å². The van der Waals surface area contributed by atoms with Gasteiger partial charge in [-0.05, 0) is 48.4 Å². The van der Waals surface area contributed by atoms with Gasteiger partial charge in [0.2, 0.25) is 0 Å². The molecule has 0 aliphatic rings. The lowest BCUT2D eigenvalue weighted by molar-refractivity contribution is 0.173. The molecule has 1 aromatic heterocycles. The molecule has 3 rings (SSSR count). The molecule has 0 aliphatic heterocycles. The van der Waals surface area contributed by atoms with Gasteiger partial charge in [-0.15, -0.1) is 0 Å². The van der Waals surface area contributed by atoms with E-state index in [1.54, 1.807) is 0 Å². The molecule has 0 aliphatic carbocycles. The third-order valence-electron chi connectivity index (χ3n) is 3.94. The third kappa shape index (κ3) is 4.15. The van der Waals surface area contributed by atoms with Gasteiger partial charge in [-0.2, -0.15) is 0 Å². The van der Waals surface area contributed by atoms with Gasteiger partial charge in [0.25, 0.3) is 0 Å². The topological polar surface area (TPSA) is 45.4 Å². The molecule has 1 heterocycles. The van der Waals surface area contributed by atoms with E-state index in [1.165, 1.54) is 0 Å². The van der Waals surface area contributed by atoms with Gasteiger partial charge in [0, 0.05) is 16.6 Å². The fourth-order valence-electron chi connectivity index (χ4n) is 2.65. The molecule has 0 saturated carbocycles. The Kier molecular flexibility index (Phi) is 5.51. The number of hydrogen-bond acceptors (Lipinski definition) is 3. The molecule has 2 N–H and O–H groups in total. The summed E-state index contributed by atoms with van der Waals surface area (Å²) in [5, 5.41) is 13.4. The highest BCUT2D eigenvalue weighted by Gasteiger charge is 2.09. The average molecular weight is 386 g/mol. The van der Waals surface area contributed by atoms with Crippen LogP contribution < -0.4 is 5.32 Å². The molecule has 0 bridgehead atoms. The van der Waals surface area contributed by atoms with Crippen molar-refractivity contribution >= 4 is 15.9 Å². The van der Waals surface area contributed by atoms with Crippen molar-refractivity contribution in [1.82, 2.24) is 5.32 Å². The van der Waals surface area contributed by atoms with Crippen molar-refractivity contribution in [1.29, 1.82) is 0 Å². The molecule has 0 saturated heterocycles. The Hall–Kier alpha value is -1.88. The van der Waals surface area contributed by atoms with E-state index in [-0.39, 0.29) is 0 Å². The molecule has 1 atom stereocenters. The second kappa shape index (κ2) is 7.79. The molecule has 3 aromatic rings. The number of hydrogen-bond donors (Lipinski definition) is 2. The van der Waals surface area contributed by atoms with E-state index in [1.807, 2.05) is 48.5 Å². The summed E-state index contributed by atoms with van der Waals surface area (Å²) in [5.74, 6) is 1.72. The Balaban J connectivity index is 1.58. The molecule has 0 radical (unpaired) electrons. The summed E-state index contributed by atoms with van der Waals surface area (Å²) < 4.78 is 6.98. The van der Waals surface area contributed by atoms with Crippen LogP contribution in [0.2, 0.25) is 0 Å². The minimum atomic E-state index is -0.519. The molecular formula is C20H20BrNO2. The summed E-state index contributed by atoms with van der Waals surface area (Å²) in [6.07, 6.45) is -0.519. The van der Waals surface area contributed by atoms with Gasteiger partial charge >= 0.3 is 0 Å². The smallest absolute Gasteiger partial charge is 0.134 e. The zero-order chi connectivity index (χ0) is 16.9. The fraction of sp³-hybridized carbons (Fsp3) is 0.200. The number of benzene rings is 2. The van der Waals surface area contributed by atoms with Gasteiger partial charge in [0.15, 0.2) is 0 Å². The molecule has 24 heavy (non-hydrogen) atoms. The van der Waals surface area contributed by atoms with E-state index in [0.29, 0.717) is 13.1 Å². The quantitative estimate of drug-likeness (QED) is 0.637. The number of aryl methyl sites for hydroxylation is 1. The fourth-order valence-corrected chi connectivity index (χ4v) is 3.12. The summed E-state index contributed by atoms with van der Waals surface area (Å²) in [6.45, 7) is 3.13. The van der Waals surface area contributed by atoms with Gasteiger partial charge in [-0.1, -0.05) is 46.3 Å². The van der Waals surface area contributed by atoms with E-state index in [9.17, 15) is 5.11 Å². The first-order chi connectivity index (χ1) is 11.6. The Labute approximate surface area is 150 Å². The van der Waals surface area contributed by atoms with Crippen LogP contribution in [-0.2, 0) is 6.54 Å². The second-order valence-corrected chi connectivity index (χ2v) is 6.70. The number of furan rings is 1. The number of rotatable bonds is 6. The highest BCUT2D eigenvalue weighted by atomic mass is 79.9. The van der Waals surface area contributed by atoms with E-state index in [4.69, 9.17) is 4.42 Å². The average Bonchev–Trinajstić information content (AvgIpc) is 3.04. The van der Waals surface area contributed by atoms with Gasteiger partial charge in [0.05, 0.1) is 12.6 Å². The van der Waals surface area contributed by atoms with Crippen molar-refractivity contribution in [2.24, 2.45) is 0 Å². The van der Waals surface area contributed by atoms with Crippen LogP contribution in [0.15, 0.2) is 69.6 Å². The maximum atomic E-state index is 10.1. The molecule has 3 nitrogen and oxygen atoms in total. The van der Waals surface area contributed by atoms with Crippen LogP contribution in [0.25, 0.3) is 11.3 Å². The van der Waals surface area contributed by atoms with Crippen LogP contribution in [0, 0.1) is 6.92 Å². The largest absolute Gasteiger partial charge is 0.460 e. The number of aliphatic hydroxyl groups is 1. The van der Waals surface area contributed by atoms with E-state index >= 15 is 0 Å². The molecule has 0 spiro atoms. The molecule has 0 fully saturated rings. The van der Waals surface area contributed by atoms with Crippen LogP contribution in [0.5, 0.6) is 0 Å². The monoisotopic (exact) mass is 385 g/mol. The lowest BCUT2D eigenvalue weighted by Gasteiger charge is -2.11. The summed E-state index contributed by atoms with van der Waals surface area (Å²) in [7, 11) is 0. The molecule has 124 valence electrons. The summed E-state index contributed by atoms with van der Waals surface area (Å²) in [5.41, 5.74) is 3.17. The van der Waals surface area contributed by atoms with Crippen LogP contribution in [-0.4, -0.2) is 11.7 Å². The standard InChI is InChI=1S/C20H20BrNO2/c1-14-11-16(21)7-9-18(14)20-10-8-17(24-20)12-22-13-19(23)15-5-3-2-4-6-15/h2-11,19,22-23H,12-13H2,1H3. The minimum absolute atomic E-state index is 0.483. The van der Waals surface area contributed by atoms with Crippen molar-refractivity contribution in [2.75, 3.05) is 6.54 Å². The third-order valence-corrected chi connectivity index (χ3v) is 4.43. The zero-order valence-corrected chi connectivity index (χ0v) is 15.1. The van der Waals surface area contributed by atoms with Crippen molar-refractivity contribution in [2.45, 2.75) is 19.6 Å².